The summed E-state index contributed by atoms with van der Waals surface area (Å²) in [4.78, 5) is 0. The molecule has 0 aromatic rings. The van der Waals surface area contributed by atoms with E-state index >= 15 is 0 Å². The minimum Gasteiger partial charge on any atom is -0.292 e. The molecule has 0 aliphatic rings. The highest BCUT2D eigenvalue weighted by atomic mass is 127. The van der Waals surface area contributed by atoms with E-state index in [1.54, 1.807) is 0 Å². The number of hydrogen-bond donors (Lipinski definition) is 1. The molecule has 0 aromatic heterocycles. The molecule has 0 aliphatic carbocycles. The smallest absolute Gasteiger partial charge is 0.0687 e. The van der Waals surface area contributed by atoms with Crippen molar-refractivity contribution in [3.8, 4) is 0 Å². The summed E-state index contributed by atoms with van der Waals surface area (Å²) in [6.45, 7) is 8.95. The predicted octanol–water partition coefficient (Wildman–Crippen LogP) is 3.55. The topological polar surface area (TPSA) is 12.0 Å². The van der Waals surface area contributed by atoms with Gasteiger partial charge in [-0.25, -0.2) is 0 Å². The van der Waals surface area contributed by atoms with Gasteiger partial charge in [0.1, 0.15) is 0 Å². The van der Waals surface area contributed by atoms with E-state index in [2.05, 4.69) is 78.2 Å². The van der Waals surface area contributed by atoms with Crippen molar-refractivity contribution >= 4 is 45.2 Å². The van der Waals surface area contributed by atoms with Gasteiger partial charge in [0, 0.05) is 0 Å². The van der Waals surface area contributed by atoms with Crippen molar-refractivity contribution in [1.82, 2.24) is 5.32 Å². The second kappa shape index (κ2) is 5.21. The Morgan fingerprint density at radius 1 is 1.36 bits per heavy atom. The number of rotatable bonds is 4. The lowest BCUT2D eigenvalue weighted by Gasteiger charge is -2.27. The molecule has 0 heterocycles. The van der Waals surface area contributed by atoms with E-state index in [9.17, 15) is 0 Å². The molecule has 68 valence electrons. The molecule has 0 radical (unpaired) electrons. The first-order valence-electron chi connectivity index (χ1n) is 3.94. The summed E-state index contributed by atoms with van der Waals surface area (Å²) in [6.07, 6.45) is 1.22. The maximum Gasteiger partial charge on any atom is 0.0687 e. The van der Waals surface area contributed by atoms with Crippen LogP contribution >= 0.6 is 45.2 Å². The van der Waals surface area contributed by atoms with Gasteiger partial charge in [-0.3, -0.25) is 5.32 Å². The van der Waals surface area contributed by atoms with Crippen LogP contribution in [0.4, 0.5) is 0 Å². The lowest BCUT2D eigenvalue weighted by molar-refractivity contribution is 0.429. The number of alkyl halides is 2. The van der Waals surface area contributed by atoms with Gasteiger partial charge in [-0.15, -0.1) is 0 Å². The molecule has 0 aromatic carbocycles. The van der Waals surface area contributed by atoms with Crippen LogP contribution < -0.4 is 5.32 Å². The summed E-state index contributed by atoms with van der Waals surface area (Å²) in [5.41, 5.74) is 0. The van der Waals surface area contributed by atoms with Crippen LogP contribution in [-0.2, 0) is 0 Å². The molecular formula is C8H17I2N. The summed E-state index contributed by atoms with van der Waals surface area (Å²) in [7, 11) is 0. The third-order valence-electron chi connectivity index (χ3n) is 1.29. The molecule has 0 bridgehead atoms. The van der Waals surface area contributed by atoms with E-state index in [0.717, 1.165) is 5.92 Å². The molecule has 1 unspecified atom stereocenters. The summed E-state index contributed by atoms with van der Waals surface area (Å²) in [5, 5.41) is 3.52. The zero-order valence-corrected chi connectivity index (χ0v) is 11.9. The van der Waals surface area contributed by atoms with Gasteiger partial charge >= 0.3 is 0 Å². The van der Waals surface area contributed by atoms with E-state index in [0.29, 0.717) is 4.05 Å². The van der Waals surface area contributed by atoms with Crippen LogP contribution in [0, 0.1) is 5.92 Å². The second-order valence-electron chi connectivity index (χ2n) is 3.56. The molecule has 1 nitrogen and oxygen atoms in total. The Hall–Kier alpha value is 1.42. The zero-order chi connectivity index (χ0) is 9.07. The standard InChI is InChI=1S/C8H17I2N/c1-6(2)5-8(4,10)11-7(3)9/h6-7,11H,5H2,1-4H3/t7-,8?/m1/s1. The van der Waals surface area contributed by atoms with Gasteiger partial charge in [0.15, 0.2) is 0 Å². The van der Waals surface area contributed by atoms with Crippen molar-refractivity contribution in [3.63, 3.8) is 0 Å². The molecule has 0 saturated carbocycles. The fraction of sp³-hybridized carbons (Fsp3) is 1.00. The molecule has 2 atom stereocenters. The third-order valence-corrected chi connectivity index (χ3v) is 2.35. The molecule has 0 amide bonds. The first-order chi connectivity index (χ1) is 4.83. The monoisotopic (exact) mass is 381 g/mol. The summed E-state index contributed by atoms with van der Waals surface area (Å²) in [5.74, 6) is 0.763. The first-order valence-corrected chi connectivity index (χ1v) is 6.26. The lowest BCUT2D eigenvalue weighted by Crippen LogP contribution is -2.40. The Labute approximate surface area is 97.4 Å². The molecule has 0 spiro atoms. The molecule has 1 N–H and O–H groups in total. The highest BCUT2D eigenvalue weighted by molar-refractivity contribution is 14.1. The van der Waals surface area contributed by atoms with E-state index in [1.807, 2.05) is 0 Å². The van der Waals surface area contributed by atoms with Gasteiger partial charge in [-0.05, 0) is 26.2 Å². The largest absolute Gasteiger partial charge is 0.292 e. The predicted molar refractivity (Wildman–Crippen MR) is 68.5 cm³/mol. The van der Waals surface area contributed by atoms with Crippen LogP contribution in [0.3, 0.4) is 0 Å². The van der Waals surface area contributed by atoms with Crippen molar-refractivity contribution in [2.24, 2.45) is 5.92 Å². The maximum atomic E-state index is 3.52. The van der Waals surface area contributed by atoms with Crippen LogP contribution in [-0.4, -0.2) is 7.59 Å². The van der Waals surface area contributed by atoms with Gasteiger partial charge in [0.25, 0.3) is 0 Å². The van der Waals surface area contributed by atoms with Gasteiger partial charge in [-0.1, -0.05) is 59.0 Å². The van der Waals surface area contributed by atoms with E-state index < -0.39 is 0 Å². The molecule has 0 aliphatic heterocycles. The van der Waals surface area contributed by atoms with Gasteiger partial charge in [-0.2, -0.15) is 0 Å². The van der Waals surface area contributed by atoms with E-state index in [1.165, 1.54) is 6.42 Å². The van der Waals surface area contributed by atoms with Crippen molar-refractivity contribution in [1.29, 1.82) is 0 Å². The number of nitrogens with one attached hydrogen (secondary N) is 1. The zero-order valence-electron chi connectivity index (χ0n) is 7.62. The van der Waals surface area contributed by atoms with Gasteiger partial charge < -0.3 is 0 Å². The average molecular weight is 381 g/mol. The Balaban J connectivity index is 3.79. The molecule has 0 rings (SSSR count). The minimum absolute atomic E-state index is 0.256. The highest BCUT2D eigenvalue weighted by Gasteiger charge is 2.21. The first kappa shape index (κ1) is 12.4. The van der Waals surface area contributed by atoms with Gasteiger partial charge in [0.2, 0.25) is 0 Å². The second-order valence-corrected chi connectivity index (χ2v) is 7.81. The molecular weight excluding hydrogens is 364 g/mol. The summed E-state index contributed by atoms with van der Waals surface area (Å²) < 4.78 is 0.806. The fourth-order valence-electron chi connectivity index (χ4n) is 1.24. The molecule has 3 heteroatoms. The summed E-state index contributed by atoms with van der Waals surface area (Å²) >= 11 is 4.89. The van der Waals surface area contributed by atoms with Crippen molar-refractivity contribution in [2.75, 3.05) is 0 Å². The normalized spacial score (nSPS) is 19.9. The van der Waals surface area contributed by atoms with Crippen molar-refractivity contribution < 1.29 is 0 Å². The summed E-state index contributed by atoms with van der Waals surface area (Å²) in [6, 6.07) is 0. The fourth-order valence-corrected chi connectivity index (χ4v) is 3.87. The maximum absolute atomic E-state index is 3.52. The molecule has 0 saturated heterocycles. The van der Waals surface area contributed by atoms with Gasteiger partial charge in [0.05, 0.1) is 7.59 Å². The molecule has 11 heavy (non-hydrogen) atoms. The Morgan fingerprint density at radius 3 is 2.09 bits per heavy atom. The van der Waals surface area contributed by atoms with E-state index in [-0.39, 0.29) is 3.55 Å². The Bertz CT molecular complexity index is 98.7. The van der Waals surface area contributed by atoms with Crippen LogP contribution in [0.15, 0.2) is 0 Å². The lowest BCUT2D eigenvalue weighted by atomic mass is 10.1. The quantitative estimate of drug-likeness (QED) is 0.446. The van der Waals surface area contributed by atoms with Crippen molar-refractivity contribution in [3.05, 3.63) is 0 Å². The number of hydrogen-bond acceptors (Lipinski definition) is 1. The van der Waals surface area contributed by atoms with Crippen LogP contribution in [0.25, 0.3) is 0 Å². The molecule has 0 fully saturated rings. The SMILES string of the molecule is CC(C)CC(C)(I)N[C@H](C)I. The van der Waals surface area contributed by atoms with Crippen LogP contribution in [0.1, 0.15) is 34.1 Å². The van der Waals surface area contributed by atoms with Crippen LogP contribution in [0.2, 0.25) is 0 Å². The third kappa shape index (κ3) is 7.77. The average Bonchev–Trinajstić information content (AvgIpc) is 1.53. The van der Waals surface area contributed by atoms with Crippen molar-refractivity contribution in [2.45, 2.75) is 41.7 Å². The Kier molecular flexibility index (Phi) is 5.89. The Morgan fingerprint density at radius 2 is 1.82 bits per heavy atom. The van der Waals surface area contributed by atoms with E-state index in [4.69, 9.17) is 0 Å². The van der Waals surface area contributed by atoms with Crippen LogP contribution in [0.5, 0.6) is 0 Å². The number of halogens is 2. The highest BCUT2D eigenvalue weighted by Crippen LogP contribution is 2.24. The minimum atomic E-state index is 0.256.